The summed E-state index contributed by atoms with van der Waals surface area (Å²) >= 11 is 0. The molecule has 9 heteroatoms. The fourth-order valence-electron chi connectivity index (χ4n) is 0.812. The quantitative estimate of drug-likeness (QED) is 0.238. The normalized spacial score (nSPS) is 8.19. The van der Waals surface area contributed by atoms with Gasteiger partial charge in [-0.25, -0.2) is 19.2 Å². The van der Waals surface area contributed by atoms with Crippen molar-refractivity contribution in [3.63, 3.8) is 0 Å². The lowest BCUT2D eigenvalue weighted by Gasteiger charge is -2.01. The first-order valence-electron chi connectivity index (χ1n) is 9.17. The Morgan fingerprint density at radius 2 is 1.32 bits per heavy atom. The summed E-state index contributed by atoms with van der Waals surface area (Å²) in [6, 6.07) is 0. The molecule has 0 atom stereocenters. The van der Waals surface area contributed by atoms with E-state index in [1.165, 1.54) is 14.0 Å². The first-order chi connectivity index (χ1) is 14.3. The van der Waals surface area contributed by atoms with E-state index in [1.807, 2.05) is 0 Å². The van der Waals surface area contributed by atoms with Gasteiger partial charge in [0, 0.05) is 22.8 Å². The van der Waals surface area contributed by atoms with E-state index in [1.54, 1.807) is 13.8 Å². The molecule has 0 heterocycles. The molecule has 0 bridgehead atoms. The summed E-state index contributed by atoms with van der Waals surface area (Å²) in [5.41, 5.74) is 1.08. The van der Waals surface area contributed by atoms with Crippen LogP contribution in [0.25, 0.3) is 0 Å². The minimum atomic E-state index is -0.935. The lowest BCUT2D eigenvalue weighted by atomic mass is 10.3. The third-order valence-corrected chi connectivity index (χ3v) is 2.48. The van der Waals surface area contributed by atoms with Gasteiger partial charge in [-0.2, -0.15) is 0 Å². The number of methoxy groups -OCH3 is 1. The Bertz CT molecular complexity index is 592. The molecule has 31 heavy (non-hydrogen) atoms. The van der Waals surface area contributed by atoms with Gasteiger partial charge in [0.05, 0.1) is 20.3 Å². The standard InChI is InChI=1S/C8H14O2.C5H8O3.C5H8O2.C4H6O2/c1-4-5-6-10-8(9)7(2)3;1-2-5(7)8-4-3-6;1-4(2)5(6)7-3;1-3(2)4(5)6/h2,4-6H2,1,3H3;2,6H,1,3-4H2;1H2,2-3H3;1H2,2H3,(H,5,6). The maximum Gasteiger partial charge on any atom is 0.333 e. The molecule has 0 amide bonds. The van der Waals surface area contributed by atoms with Crippen molar-refractivity contribution in [3.8, 4) is 0 Å². The van der Waals surface area contributed by atoms with Crippen LogP contribution in [0, 0.1) is 0 Å². The second kappa shape index (κ2) is 24.8. The highest BCUT2D eigenvalue weighted by Crippen LogP contribution is 1.94. The highest BCUT2D eigenvalue weighted by molar-refractivity contribution is 5.87. The number of hydrogen-bond donors (Lipinski definition) is 2. The number of carboxylic acid groups (broad SMARTS) is 1. The van der Waals surface area contributed by atoms with Crippen molar-refractivity contribution in [1.82, 2.24) is 0 Å². The number of hydrogen-bond acceptors (Lipinski definition) is 8. The average Bonchev–Trinajstić information content (AvgIpc) is 2.72. The van der Waals surface area contributed by atoms with Crippen LogP contribution in [0.1, 0.15) is 40.5 Å². The molecule has 0 aromatic heterocycles. The van der Waals surface area contributed by atoms with Gasteiger partial charge < -0.3 is 24.4 Å². The Morgan fingerprint density at radius 3 is 1.55 bits per heavy atom. The van der Waals surface area contributed by atoms with Gasteiger partial charge in [0.15, 0.2) is 0 Å². The Kier molecular flexibility index (Phi) is 28.2. The van der Waals surface area contributed by atoms with Crippen molar-refractivity contribution in [2.75, 3.05) is 26.9 Å². The first-order valence-corrected chi connectivity index (χ1v) is 9.17. The second-order valence-corrected chi connectivity index (χ2v) is 5.72. The molecule has 0 aromatic rings. The summed E-state index contributed by atoms with van der Waals surface area (Å²) in [5, 5.41) is 16.0. The monoisotopic (exact) mass is 444 g/mol. The maximum atomic E-state index is 10.7. The summed E-state index contributed by atoms with van der Waals surface area (Å²) in [6.45, 7) is 20.3. The van der Waals surface area contributed by atoms with Crippen LogP contribution in [0.2, 0.25) is 0 Å². The van der Waals surface area contributed by atoms with E-state index in [4.69, 9.17) is 14.9 Å². The fraction of sp³-hybridized carbons (Fsp3) is 0.455. The number of aliphatic carboxylic acids is 1. The zero-order valence-electron chi connectivity index (χ0n) is 19.2. The molecule has 0 unspecified atom stereocenters. The lowest BCUT2D eigenvalue weighted by molar-refractivity contribution is -0.139. The van der Waals surface area contributed by atoms with Crippen molar-refractivity contribution in [2.24, 2.45) is 0 Å². The first kappa shape index (κ1) is 35.3. The van der Waals surface area contributed by atoms with E-state index in [9.17, 15) is 19.2 Å². The molecule has 2 N–H and O–H groups in total. The van der Waals surface area contributed by atoms with Gasteiger partial charge in [0.25, 0.3) is 0 Å². The average molecular weight is 445 g/mol. The van der Waals surface area contributed by atoms with Gasteiger partial charge in [-0.1, -0.05) is 39.7 Å². The second-order valence-electron chi connectivity index (χ2n) is 5.72. The molecule has 0 aliphatic carbocycles. The summed E-state index contributed by atoms with van der Waals surface area (Å²) in [6.07, 6.45) is 3.03. The Morgan fingerprint density at radius 1 is 0.871 bits per heavy atom. The number of carbonyl (C=O) groups is 4. The Balaban J connectivity index is -0.000000160. The fourth-order valence-corrected chi connectivity index (χ4v) is 0.812. The van der Waals surface area contributed by atoms with Gasteiger partial charge in [-0.3, -0.25) is 0 Å². The van der Waals surface area contributed by atoms with E-state index in [0.29, 0.717) is 17.8 Å². The van der Waals surface area contributed by atoms with E-state index in [2.05, 4.69) is 42.7 Å². The highest BCUT2D eigenvalue weighted by Gasteiger charge is 2.00. The van der Waals surface area contributed by atoms with Gasteiger partial charge in [-0.15, -0.1) is 0 Å². The van der Waals surface area contributed by atoms with Crippen LogP contribution in [0.3, 0.4) is 0 Å². The van der Waals surface area contributed by atoms with Crippen LogP contribution in [0.5, 0.6) is 0 Å². The molecule has 0 aromatic carbocycles. The minimum Gasteiger partial charge on any atom is -0.478 e. The van der Waals surface area contributed by atoms with Crippen molar-refractivity contribution in [3.05, 3.63) is 49.1 Å². The van der Waals surface area contributed by atoms with Crippen LogP contribution in [-0.2, 0) is 33.4 Å². The van der Waals surface area contributed by atoms with E-state index in [-0.39, 0.29) is 30.7 Å². The number of unbranched alkanes of at least 4 members (excludes halogenated alkanes) is 1. The van der Waals surface area contributed by atoms with E-state index < -0.39 is 11.9 Å². The number of carbonyl (C=O) groups excluding carboxylic acids is 3. The Labute approximate surface area is 184 Å². The number of aliphatic hydroxyl groups is 1. The SMILES string of the molecule is C=C(C)C(=O)O.C=C(C)C(=O)OC.C=C(C)C(=O)OCCCC.C=CC(=O)OCCO. The summed E-state index contributed by atoms with van der Waals surface area (Å²) in [5.74, 6) is -2.07. The summed E-state index contributed by atoms with van der Waals surface area (Å²) in [4.78, 5) is 40.6. The van der Waals surface area contributed by atoms with Gasteiger partial charge >= 0.3 is 23.9 Å². The molecule has 9 nitrogen and oxygen atoms in total. The highest BCUT2D eigenvalue weighted by atomic mass is 16.5. The number of rotatable bonds is 9. The number of ether oxygens (including phenoxy) is 3. The van der Waals surface area contributed by atoms with Crippen molar-refractivity contribution in [1.29, 1.82) is 0 Å². The van der Waals surface area contributed by atoms with Crippen LogP contribution in [0.15, 0.2) is 49.1 Å². The minimum absolute atomic E-state index is 0.0465. The van der Waals surface area contributed by atoms with Crippen LogP contribution >= 0.6 is 0 Å². The number of esters is 3. The van der Waals surface area contributed by atoms with E-state index in [0.717, 1.165) is 18.9 Å². The molecule has 0 aliphatic heterocycles. The Hall–Kier alpha value is -3.20. The molecule has 0 rings (SSSR count). The van der Waals surface area contributed by atoms with Gasteiger partial charge in [0.1, 0.15) is 6.61 Å². The molecule has 0 aliphatic rings. The van der Waals surface area contributed by atoms with Crippen molar-refractivity contribution in [2.45, 2.75) is 40.5 Å². The topological polar surface area (TPSA) is 136 Å². The number of carboxylic acids is 1. The largest absolute Gasteiger partial charge is 0.478 e. The third-order valence-electron chi connectivity index (χ3n) is 2.48. The molecule has 0 saturated carbocycles. The molecule has 0 spiro atoms. The van der Waals surface area contributed by atoms with Crippen LogP contribution < -0.4 is 0 Å². The third kappa shape index (κ3) is 34.7. The molecule has 178 valence electrons. The molecule has 0 radical (unpaired) electrons. The zero-order chi connectivity index (χ0) is 25.4. The molecular weight excluding hydrogens is 408 g/mol. The summed E-state index contributed by atoms with van der Waals surface area (Å²) < 4.78 is 13.4. The number of aliphatic hydroxyl groups excluding tert-OH is 1. The predicted molar refractivity (Wildman–Crippen MR) is 118 cm³/mol. The van der Waals surface area contributed by atoms with Gasteiger partial charge in [-0.05, 0) is 27.2 Å². The molecule has 0 saturated heterocycles. The van der Waals surface area contributed by atoms with Gasteiger partial charge in [0.2, 0.25) is 0 Å². The molecular formula is C22H36O9. The smallest absolute Gasteiger partial charge is 0.333 e. The molecule has 0 fully saturated rings. The lowest BCUT2D eigenvalue weighted by Crippen LogP contribution is -2.05. The van der Waals surface area contributed by atoms with Crippen LogP contribution in [0.4, 0.5) is 0 Å². The zero-order valence-corrected chi connectivity index (χ0v) is 19.2. The predicted octanol–water partition coefficient (Wildman–Crippen LogP) is 3.00. The van der Waals surface area contributed by atoms with Crippen LogP contribution in [-0.4, -0.2) is 61.0 Å². The summed E-state index contributed by atoms with van der Waals surface area (Å²) in [7, 11) is 1.33. The maximum absolute atomic E-state index is 10.7. The van der Waals surface area contributed by atoms with E-state index >= 15 is 0 Å². The van der Waals surface area contributed by atoms with Crippen molar-refractivity contribution < 1.29 is 43.6 Å². The van der Waals surface area contributed by atoms with Crippen molar-refractivity contribution >= 4 is 23.9 Å².